The molecule has 0 aliphatic heterocycles. The molecule has 1 rings (SSSR count). The second kappa shape index (κ2) is 5.89. The molecule has 6 heteroatoms. The molecule has 0 amide bonds. The normalized spacial score (nSPS) is 10.6. The molecule has 0 unspecified atom stereocenters. The van der Waals surface area contributed by atoms with Gasteiger partial charge in [-0.1, -0.05) is 15.9 Å². The third kappa shape index (κ3) is 3.84. The fourth-order valence-electron chi connectivity index (χ4n) is 1.13. The lowest BCUT2D eigenvalue weighted by Gasteiger charge is -2.05. The Hall–Kier alpha value is -1.04. The molecule has 0 spiro atoms. The molecule has 0 fully saturated rings. The summed E-state index contributed by atoms with van der Waals surface area (Å²) in [7, 11) is 0. The number of halogens is 3. The summed E-state index contributed by atoms with van der Waals surface area (Å²) in [4.78, 5) is 14.8. The molecule has 1 heterocycles. The number of aromatic nitrogens is 1. The average molecular weight is 294 g/mol. The van der Waals surface area contributed by atoms with E-state index in [0.717, 1.165) is 0 Å². The highest BCUT2D eigenvalue weighted by atomic mass is 79.9. The van der Waals surface area contributed by atoms with Crippen LogP contribution in [0.15, 0.2) is 16.6 Å². The molecule has 0 bridgehead atoms. The average Bonchev–Trinajstić information content (AvgIpc) is 2.16. The van der Waals surface area contributed by atoms with Crippen molar-refractivity contribution in [3.05, 3.63) is 28.0 Å². The van der Waals surface area contributed by atoms with Crippen LogP contribution < -0.4 is 0 Å². The van der Waals surface area contributed by atoms with Crippen molar-refractivity contribution in [2.75, 3.05) is 6.61 Å². The molecule has 0 aromatic carbocycles. The highest BCUT2D eigenvalue weighted by Gasteiger charge is 2.13. The van der Waals surface area contributed by atoms with Crippen LogP contribution in [0, 0.1) is 0 Å². The Morgan fingerprint density at radius 3 is 2.81 bits per heavy atom. The summed E-state index contributed by atoms with van der Waals surface area (Å²) in [5.74, 6) is -0.478. The highest BCUT2D eigenvalue weighted by molar-refractivity contribution is 9.10. The van der Waals surface area contributed by atoms with Gasteiger partial charge < -0.3 is 4.74 Å². The first-order chi connectivity index (χ1) is 7.52. The maximum absolute atomic E-state index is 12.4. The van der Waals surface area contributed by atoms with Crippen molar-refractivity contribution < 1.29 is 18.3 Å². The predicted octanol–water partition coefficient (Wildman–Crippen LogP) is 2.89. The molecule has 0 aliphatic carbocycles. The van der Waals surface area contributed by atoms with Crippen molar-refractivity contribution in [3.63, 3.8) is 0 Å². The molecule has 0 atom stereocenters. The van der Waals surface area contributed by atoms with Gasteiger partial charge in [0.05, 0.1) is 18.7 Å². The Bertz CT molecular complexity index is 385. The smallest absolute Gasteiger partial charge is 0.311 e. The number of ether oxygens (including phenoxy) is 1. The van der Waals surface area contributed by atoms with Crippen molar-refractivity contribution in [1.82, 2.24) is 4.98 Å². The second-order valence-electron chi connectivity index (χ2n) is 2.98. The van der Waals surface area contributed by atoms with E-state index in [-0.39, 0.29) is 24.4 Å². The van der Waals surface area contributed by atoms with Gasteiger partial charge in [0.25, 0.3) is 6.43 Å². The van der Waals surface area contributed by atoms with Crippen LogP contribution >= 0.6 is 15.9 Å². The molecule has 1 aromatic heterocycles. The summed E-state index contributed by atoms with van der Waals surface area (Å²) in [5, 5.41) is 0. The van der Waals surface area contributed by atoms with E-state index in [4.69, 9.17) is 4.74 Å². The zero-order valence-corrected chi connectivity index (χ0v) is 10.1. The van der Waals surface area contributed by atoms with Crippen LogP contribution in [0.2, 0.25) is 0 Å². The van der Waals surface area contributed by atoms with E-state index < -0.39 is 12.4 Å². The van der Waals surface area contributed by atoms with Gasteiger partial charge in [0.2, 0.25) is 0 Å². The van der Waals surface area contributed by atoms with E-state index >= 15 is 0 Å². The van der Waals surface area contributed by atoms with Crippen LogP contribution in [0.3, 0.4) is 0 Å². The van der Waals surface area contributed by atoms with E-state index in [1.165, 1.54) is 12.1 Å². The van der Waals surface area contributed by atoms with Crippen LogP contribution in [0.25, 0.3) is 0 Å². The molecule has 3 nitrogen and oxygen atoms in total. The zero-order valence-electron chi connectivity index (χ0n) is 8.54. The van der Waals surface area contributed by atoms with Gasteiger partial charge in [0.1, 0.15) is 5.69 Å². The first-order valence-corrected chi connectivity index (χ1v) is 5.42. The van der Waals surface area contributed by atoms with Crippen LogP contribution in [-0.2, 0) is 16.0 Å². The maximum atomic E-state index is 12.4. The molecule has 0 N–H and O–H groups in total. The van der Waals surface area contributed by atoms with Gasteiger partial charge >= 0.3 is 5.97 Å². The Morgan fingerprint density at radius 2 is 2.25 bits per heavy atom. The summed E-state index contributed by atoms with van der Waals surface area (Å²) in [6.45, 7) is 1.94. The van der Waals surface area contributed by atoms with Crippen LogP contribution in [0.4, 0.5) is 8.78 Å². The minimum absolute atomic E-state index is 0.104. The van der Waals surface area contributed by atoms with Crippen molar-refractivity contribution in [2.24, 2.45) is 0 Å². The van der Waals surface area contributed by atoms with Crippen LogP contribution in [0.1, 0.15) is 24.7 Å². The van der Waals surface area contributed by atoms with Crippen molar-refractivity contribution >= 4 is 21.9 Å². The molecule has 0 radical (unpaired) electrons. The Kier molecular flexibility index (Phi) is 4.79. The number of rotatable bonds is 4. The summed E-state index contributed by atoms with van der Waals surface area (Å²) >= 11 is 3.08. The van der Waals surface area contributed by atoms with Crippen molar-refractivity contribution in [3.8, 4) is 0 Å². The van der Waals surface area contributed by atoms with E-state index in [0.29, 0.717) is 4.47 Å². The second-order valence-corrected chi connectivity index (χ2v) is 3.90. The molecular formula is C10H10BrF2NO2. The van der Waals surface area contributed by atoms with Gasteiger partial charge in [0.15, 0.2) is 0 Å². The van der Waals surface area contributed by atoms with Crippen LogP contribution in [-0.4, -0.2) is 17.6 Å². The fraction of sp³-hybridized carbons (Fsp3) is 0.400. The predicted molar refractivity (Wildman–Crippen MR) is 57.2 cm³/mol. The van der Waals surface area contributed by atoms with Gasteiger partial charge in [0, 0.05) is 4.47 Å². The summed E-state index contributed by atoms with van der Waals surface area (Å²) in [6, 6.07) is 2.74. The van der Waals surface area contributed by atoms with Gasteiger partial charge in [-0.15, -0.1) is 0 Å². The quantitative estimate of drug-likeness (QED) is 0.802. The topological polar surface area (TPSA) is 39.2 Å². The number of nitrogens with zero attached hydrogens (tertiary/aromatic N) is 1. The summed E-state index contributed by atoms with van der Waals surface area (Å²) < 4.78 is 30.0. The van der Waals surface area contributed by atoms with Gasteiger partial charge in [-0.25, -0.2) is 8.78 Å². The number of pyridine rings is 1. The fourth-order valence-corrected chi connectivity index (χ4v) is 1.63. The number of hydrogen-bond donors (Lipinski definition) is 0. The number of carbonyl (C=O) groups is 1. The van der Waals surface area contributed by atoms with Crippen LogP contribution in [0.5, 0.6) is 0 Å². The highest BCUT2D eigenvalue weighted by Crippen LogP contribution is 2.21. The Morgan fingerprint density at radius 1 is 1.56 bits per heavy atom. The summed E-state index contributed by atoms with van der Waals surface area (Å²) in [6.07, 6.45) is -2.76. The van der Waals surface area contributed by atoms with Crippen molar-refractivity contribution in [2.45, 2.75) is 19.8 Å². The van der Waals surface area contributed by atoms with Gasteiger partial charge in [-0.2, -0.15) is 0 Å². The Balaban J connectivity index is 2.84. The molecule has 1 aromatic rings. The van der Waals surface area contributed by atoms with Gasteiger partial charge in [-0.05, 0) is 19.1 Å². The SMILES string of the molecule is CCOC(=O)Cc1cc(Br)cc(C(F)F)n1. The van der Waals surface area contributed by atoms with Crippen molar-refractivity contribution in [1.29, 1.82) is 0 Å². The molecular weight excluding hydrogens is 284 g/mol. The number of hydrogen-bond acceptors (Lipinski definition) is 3. The first-order valence-electron chi connectivity index (χ1n) is 4.63. The number of alkyl halides is 2. The third-order valence-corrected chi connectivity index (χ3v) is 2.18. The first kappa shape index (κ1) is 13.0. The lowest BCUT2D eigenvalue weighted by molar-refractivity contribution is -0.142. The Labute approximate surface area is 99.9 Å². The van der Waals surface area contributed by atoms with E-state index in [9.17, 15) is 13.6 Å². The lowest BCUT2D eigenvalue weighted by atomic mass is 10.2. The third-order valence-electron chi connectivity index (χ3n) is 1.72. The molecule has 0 aliphatic rings. The number of esters is 1. The summed E-state index contributed by atoms with van der Waals surface area (Å²) in [5.41, 5.74) is -0.0863. The minimum atomic E-state index is -2.65. The van der Waals surface area contributed by atoms with E-state index in [1.807, 2.05) is 0 Å². The minimum Gasteiger partial charge on any atom is -0.466 e. The lowest BCUT2D eigenvalue weighted by Crippen LogP contribution is -2.09. The molecule has 88 valence electrons. The standard InChI is InChI=1S/C10H10BrF2NO2/c1-2-16-9(15)5-7-3-6(11)4-8(14-7)10(12)13/h3-4,10H,2,5H2,1H3. The van der Waals surface area contributed by atoms with E-state index in [1.54, 1.807) is 6.92 Å². The molecule has 16 heavy (non-hydrogen) atoms. The zero-order chi connectivity index (χ0) is 12.1. The largest absolute Gasteiger partial charge is 0.466 e. The van der Waals surface area contributed by atoms with E-state index in [2.05, 4.69) is 20.9 Å². The molecule has 0 saturated heterocycles. The maximum Gasteiger partial charge on any atom is 0.311 e. The molecule has 0 saturated carbocycles. The van der Waals surface area contributed by atoms with Gasteiger partial charge in [-0.3, -0.25) is 9.78 Å². The monoisotopic (exact) mass is 293 g/mol. The number of carbonyl (C=O) groups excluding carboxylic acids is 1.